The zero-order valence-electron chi connectivity index (χ0n) is 12.5. The number of carbonyl (C=O) groups is 2. The van der Waals surface area contributed by atoms with Crippen molar-refractivity contribution in [2.24, 2.45) is 11.8 Å². The number of carboxylic acid groups (broad SMARTS) is 1. The van der Waals surface area contributed by atoms with Crippen LogP contribution in [0.25, 0.3) is 0 Å². The molecule has 2 N–H and O–H groups in total. The van der Waals surface area contributed by atoms with Gasteiger partial charge in [0.2, 0.25) is 0 Å². The minimum absolute atomic E-state index is 0.00875. The number of likely N-dealkylation sites (tertiary alicyclic amines) is 1. The second kappa shape index (κ2) is 5.99. The van der Waals surface area contributed by atoms with Crippen LogP contribution in [-0.2, 0) is 4.79 Å². The van der Waals surface area contributed by atoms with Crippen LogP contribution >= 0.6 is 0 Å². The molecule has 114 valence electrons. The number of hydrogen-bond acceptors (Lipinski definition) is 3. The van der Waals surface area contributed by atoms with Crippen LogP contribution < -0.4 is 5.43 Å². The molecule has 2 amide bonds. The predicted octanol–water partition coefficient (Wildman–Crippen LogP) is 1.53. The summed E-state index contributed by atoms with van der Waals surface area (Å²) in [5, 5.41) is 11.1. The maximum Gasteiger partial charge on any atom is 0.331 e. The molecule has 4 unspecified atom stereocenters. The number of urea groups is 1. The van der Waals surface area contributed by atoms with E-state index in [1.165, 1.54) is 6.42 Å². The summed E-state index contributed by atoms with van der Waals surface area (Å²) >= 11 is 0. The van der Waals surface area contributed by atoms with Crippen molar-refractivity contribution in [3.63, 3.8) is 0 Å². The Balaban J connectivity index is 1.94. The van der Waals surface area contributed by atoms with Gasteiger partial charge in [-0.05, 0) is 32.6 Å². The van der Waals surface area contributed by atoms with Crippen LogP contribution in [0.15, 0.2) is 0 Å². The van der Waals surface area contributed by atoms with E-state index in [0.717, 1.165) is 12.8 Å². The zero-order valence-corrected chi connectivity index (χ0v) is 12.5. The van der Waals surface area contributed by atoms with Gasteiger partial charge < -0.3 is 10.0 Å². The molecule has 6 heteroatoms. The highest BCUT2D eigenvalue weighted by Crippen LogP contribution is 2.24. The fourth-order valence-corrected chi connectivity index (χ4v) is 3.28. The Bertz CT molecular complexity index is 378. The van der Waals surface area contributed by atoms with Crippen molar-refractivity contribution in [2.45, 2.75) is 52.1 Å². The second-order valence-corrected chi connectivity index (χ2v) is 6.28. The summed E-state index contributed by atoms with van der Waals surface area (Å²) in [6, 6.07) is 0.497. The molecule has 2 aliphatic heterocycles. The molecule has 0 aliphatic carbocycles. The quantitative estimate of drug-likeness (QED) is 0.806. The van der Waals surface area contributed by atoms with Crippen molar-refractivity contribution >= 4 is 12.0 Å². The Morgan fingerprint density at radius 2 is 1.70 bits per heavy atom. The van der Waals surface area contributed by atoms with Gasteiger partial charge in [0.25, 0.3) is 0 Å². The normalized spacial score (nSPS) is 35.0. The van der Waals surface area contributed by atoms with Crippen molar-refractivity contribution in [1.29, 1.82) is 0 Å². The molecule has 2 aliphatic rings. The highest BCUT2D eigenvalue weighted by Gasteiger charge is 2.38. The fourth-order valence-electron chi connectivity index (χ4n) is 3.28. The minimum atomic E-state index is -0.812. The van der Waals surface area contributed by atoms with E-state index >= 15 is 0 Å². The van der Waals surface area contributed by atoms with Crippen molar-refractivity contribution in [3.05, 3.63) is 0 Å². The lowest BCUT2D eigenvalue weighted by Gasteiger charge is -2.39. The predicted molar refractivity (Wildman–Crippen MR) is 75.0 cm³/mol. The molecule has 4 atom stereocenters. The molecule has 2 heterocycles. The molecule has 0 radical (unpaired) electrons. The van der Waals surface area contributed by atoms with E-state index in [4.69, 9.17) is 5.11 Å². The molecule has 2 saturated heterocycles. The van der Waals surface area contributed by atoms with Gasteiger partial charge in [-0.2, -0.15) is 0 Å². The van der Waals surface area contributed by atoms with E-state index in [0.29, 0.717) is 25.2 Å². The minimum Gasteiger partial charge on any atom is -0.481 e. The maximum atomic E-state index is 12.3. The average molecular weight is 283 g/mol. The third kappa shape index (κ3) is 3.06. The van der Waals surface area contributed by atoms with Crippen LogP contribution in [0.2, 0.25) is 0 Å². The molecule has 0 spiro atoms. The van der Waals surface area contributed by atoms with Gasteiger partial charge in [-0.25, -0.2) is 9.80 Å². The number of rotatable bonds is 2. The lowest BCUT2D eigenvalue weighted by atomic mass is 9.99. The highest BCUT2D eigenvalue weighted by atomic mass is 16.4. The highest BCUT2D eigenvalue weighted by molar-refractivity contribution is 5.77. The molecule has 0 aromatic carbocycles. The second-order valence-electron chi connectivity index (χ2n) is 6.28. The Kier molecular flexibility index (Phi) is 4.52. The van der Waals surface area contributed by atoms with E-state index in [-0.39, 0.29) is 11.9 Å². The van der Waals surface area contributed by atoms with E-state index in [1.54, 1.807) is 4.90 Å². The third-order valence-corrected chi connectivity index (χ3v) is 4.64. The van der Waals surface area contributed by atoms with Gasteiger partial charge in [-0.15, -0.1) is 0 Å². The number of carboxylic acids is 1. The molecular formula is C14H25N3O3. The van der Waals surface area contributed by atoms with Crippen LogP contribution in [-0.4, -0.2) is 52.2 Å². The van der Waals surface area contributed by atoms with Gasteiger partial charge in [0.05, 0.1) is 5.92 Å². The van der Waals surface area contributed by atoms with Gasteiger partial charge in [0, 0.05) is 25.2 Å². The smallest absolute Gasteiger partial charge is 0.331 e. The molecule has 2 rings (SSSR count). The lowest BCUT2D eigenvalue weighted by Crippen LogP contribution is -2.57. The van der Waals surface area contributed by atoms with Crippen LogP contribution in [0.5, 0.6) is 0 Å². The molecule has 0 bridgehead atoms. The summed E-state index contributed by atoms with van der Waals surface area (Å²) in [4.78, 5) is 25.0. The number of nitrogens with zero attached hydrogens (tertiary/aromatic N) is 2. The average Bonchev–Trinajstić information content (AvgIpc) is 2.76. The topological polar surface area (TPSA) is 72.9 Å². The summed E-state index contributed by atoms with van der Waals surface area (Å²) < 4.78 is 0. The van der Waals surface area contributed by atoms with Crippen LogP contribution in [0.1, 0.15) is 40.0 Å². The van der Waals surface area contributed by atoms with Crippen molar-refractivity contribution < 1.29 is 14.7 Å². The van der Waals surface area contributed by atoms with E-state index in [1.807, 2.05) is 11.9 Å². The SMILES string of the molecule is CC1CN(C(=O)NN2C(C)CCCC2C)CC1C(=O)O. The standard InChI is InChI=1S/C14H25N3O3/c1-9-7-16(8-12(9)13(18)19)14(20)15-17-10(2)5-4-6-11(17)3/h9-12H,4-8H2,1-3H3,(H,15,20)(H,18,19). The largest absolute Gasteiger partial charge is 0.481 e. The van der Waals surface area contributed by atoms with E-state index < -0.39 is 11.9 Å². The number of hydrazine groups is 1. The van der Waals surface area contributed by atoms with Crippen molar-refractivity contribution in [1.82, 2.24) is 15.3 Å². The van der Waals surface area contributed by atoms with Gasteiger partial charge in [0.15, 0.2) is 0 Å². The molecule has 0 aromatic heterocycles. The number of piperidine rings is 1. The summed E-state index contributed by atoms with van der Waals surface area (Å²) in [5.41, 5.74) is 2.97. The molecular weight excluding hydrogens is 258 g/mol. The van der Waals surface area contributed by atoms with Gasteiger partial charge >= 0.3 is 12.0 Å². The maximum absolute atomic E-state index is 12.3. The number of amides is 2. The van der Waals surface area contributed by atoms with Crippen molar-refractivity contribution in [2.75, 3.05) is 13.1 Å². The Morgan fingerprint density at radius 3 is 2.20 bits per heavy atom. The molecule has 0 aromatic rings. The number of hydrogen-bond donors (Lipinski definition) is 2. The summed E-state index contributed by atoms with van der Waals surface area (Å²) in [7, 11) is 0. The molecule has 0 saturated carbocycles. The summed E-state index contributed by atoms with van der Waals surface area (Å²) in [5.74, 6) is -1.25. The summed E-state index contributed by atoms with van der Waals surface area (Å²) in [6.07, 6.45) is 3.36. The van der Waals surface area contributed by atoms with Gasteiger partial charge in [-0.3, -0.25) is 10.2 Å². The van der Waals surface area contributed by atoms with E-state index in [9.17, 15) is 9.59 Å². The first-order valence-corrected chi connectivity index (χ1v) is 7.46. The fraction of sp³-hybridized carbons (Fsp3) is 0.857. The first-order chi connectivity index (χ1) is 9.40. The zero-order chi connectivity index (χ0) is 14.9. The third-order valence-electron chi connectivity index (χ3n) is 4.64. The van der Waals surface area contributed by atoms with Gasteiger partial charge in [0.1, 0.15) is 0 Å². The Labute approximate surface area is 120 Å². The van der Waals surface area contributed by atoms with Crippen LogP contribution in [0, 0.1) is 11.8 Å². The van der Waals surface area contributed by atoms with Crippen LogP contribution in [0.4, 0.5) is 4.79 Å². The lowest BCUT2D eigenvalue weighted by molar-refractivity contribution is -0.142. The summed E-state index contributed by atoms with van der Waals surface area (Å²) in [6.45, 7) is 6.93. The first kappa shape index (κ1) is 15.1. The number of nitrogens with one attached hydrogen (secondary N) is 1. The molecule has 2 fully saturated rings. The Hall–Kier alpha value is -1.30. The van der Waals surface area contributed by atoms with Crippen LogP contribution in [0.3, 0.4) is 0 Å². The Morgan fingerprint density at radius 1 is 1.10 bits per heavy atom. The number of aliphatic carboxylic acids is 1. The molecule has 20 heavy (non-hydrogen) atoms. The molecule has 6 nitrogen and oxygen atoms in total. The first-order valence-electron chi connectivity index (χ1n) is 7.46. The van der Waals surface area contributed by atoms with E-state index in [2.05, 4.69) is 19.3 Å². The monoisotopic (exact) mass is 283 g/mol. The number of carbonyl (C=O) groups excluding carboxylic acids is 1. The van der Waals surface area contributed by atoms with Gasteiger partial charge in [-0.1, -0.05) is 13.3 Å². The van der Waals surface area contributed by atoms with Crippen molar-refractivity contribution in [3.8, 4) is 0 Å².